The van der Waals surface area contributed by atoms with Crippen LogP contribution in [0.4, 0.5) is 11.8 Å². The Labute approximate surface area is 86.4 Å². The second-order valence-corrected chi connectivity index (χ2v) is 4.08. The van der Waals surface area contributed by atoms with Crippen molar-refractivity contribution in [2.45, 2.75) is 13.8 Å². The van der Waals surface area contributed by atoms with E-state index in [1.165, 1.54) is 0 Å². The Kier molecular flexibility index (Phi) is 2.28. The van der Waals surface area contributed by atoms with Gasteiger partial charge in [-0.1, -0.05) is 18.7 Å². The lowest BCUT2D eigenvalue weighted by molar-refractivity contribution is 1.09. The molecule has 2 heterocycles. The van der Waals surface area contributed by atoms with Crippen molar-refractivity contribution in [2.75, 3.05) is 16.5 Å². The van der Waals surface area contributed by atoms with E-state index in [9.17, 15) is 0 Å². The average molecular weight is 209 g/mol. The van der Waals surface area contributed by atoms with Crippen LogP contribution in [0, 0.1) is 6.92 Å². The third kappa shape index (κ3) is 1.79. The number of anilines is 2. The molecule has 0 aromatic carbocycles. The summed E-state index contributed by atoms with van der Waals surface area (Å²) >= 11 is 1.69. The molecule has 1 aromatic heterocycles. The van der Waals surface area contributed by atoms with Gasteiger partial charge in [-0.25, -0.2) is 4.98 Å². The molecular formula is C8H11N5S. The van der Waals surface area contributed by atoms with Gasteiger partial charge < -0.3 is 5.73 Å². The van der Waals surface area contributed by atoms with E-state index in [1.54, 1.807) is 16.8 Å². The van der Waals surface area contributed by atoms with Crippen molar-refractivity contribution in [3.05, 3.63) is 11.8 Å². The number of hydrogen-bond donors (Lipinski definition) is 1. The molecule has 0 saturated carbocycles. The van der Waals surface area contributed by atoms with E-state index in [-0.39, 0.29) is 0 Å². The first-order valence-electron chi connectivity index (χ1n) is 4.33. The van der Waals surface area contributed by atoms with E-state index in [1.807, 2.05) is 13.0 Å². The first kappa shape index (κ1) is 9.26. The van der Waals surface area contributed by atoms with Gasteiger partial charge in [-0.05, 0) is 12.7 Å². The number of amidine groups is 1. The number of nitrogen functional groups attached to an aromatic ring is 1. The molecule has 6 heteroatoms. The number of rotatable bonds is 2. The minimum atomic E-state index is 0.294. The standard InChI is InChI=1S/C8H11N5S/c1-3-14-8-12-13(8)6-4-5(2)10-7(9)11-6/h4H,3H2,1-2H3,(H2,9,10,11). The van der Waals surface area contributed by atoms with Crippen LogP contribution in [0.3, 0.4) is 0 Å². The van der Waals surface area contributed by atoms with E-state index >= 15 is 0 Å². The second kappa shape index (κ2) is 3.45. The highest BCUT2D eigenvalue weighted by Gasteiger charge is 2.27. The summed E-state index contributed by atoms with van der Waals surface area (Å²) in [5.41, 5.74) is 6.39. The van der Waals surface area contributed by atoms with Crippen molar-refractivity contribution in [2.24, 2.45) is 5.10 Å². The van der Waals surface area contributed by atoms with Gasteiger partial charge in [0.25, 0.3) is 0 Å². The monoisotopic (exact) mass is 209 g/mol. The number of aromatic nitrogens is 2. The summed E-state index contributed by atoms with van der Waals surface area (Å²) in [6.07, 6.45) is 0. The maximum atomic E-state index is 5.54. The molecular weight excluding hydrogens is 198 g/mol. The zero-order chi connectivity index (χ0) is 10.1. The highest BCUT2D eigenvalue weighted by Crippen LogP contribution is 2.28. The van der Waals surface area contributed by atoms with Gasteiger partial charge >= 0.3 is 0 Å². The maximum absolute atomic E-state index is 5.54. The fraction of sp³-hybridized carbons (Fsp3) is 0.375. The number of nitrogens with zero attached hydrogens (tertiary/aromatic N) is 4. The van der Waals surface area contributed by atoms with Gasteiger partial charge in [-0.3, -0.25) is 0 Å². The summed E-state index contributed by atoms with van der Waals surface area (Å²) in [6.45, 7) is 3.97. The fourth-order valence-electron chi connectivity index (χ4n) is 1.11. The number of aryl methyl sites for hydroxylation is 1. The Morgan fingerprint density at radius 1 is 1.50 bits per heavy atom. The molecule has 1 aromatic rings. The molecule has 0 atom stereocenters. The third-order valence-electron chi connectivity index (χ3n) is 1.68. The van der Waals surface area contributed by atoms with Gasteiger partial charge in [0, 0.05) is 11.8 Å². The second-order valence-electron chi connectivity index (χ2n) is 2.85. The van der Waals surface area contributed by atoms with Gasteiger partial charge in [-0.15, -0.1) is 5.10 Å². The summed E-state index contributed by atoms with van der Waals surface area (Å²) in [6, 6.07) is 1.86. The van der Waals surface area contributed by atoms with Crippen LogP contribution >= 0.6 is 11.8 Å². The van der Waals surface area contributed by atoms with Crippen molar-refractivity contribution >= 4 is 28.7 Å². The summed E-state index contributed by atoms with van der Waals surface area (Å²) in [4.78, 5) is 8.09. The molecule has 0 amide bonds. The zero-order valence-electron chi connectivity index (χ0n) is 8.06. The maximum Gasteiger partial charge on any atom is 0.222 e. The largest absolute Gasteiger partial charge is 0.368 e. The molecule has 74 valence electrons. The lowest BCUT2D eigenvalue weighted by atomic mass is 10.4. The SMILES string of the molecule is CCSC1=NN1c1cc(C)nc(N)n1. The van der Waals surface area contributed by atoms with Crippen LogP contribution in [-0.2, 0) is 0 Å². The molecule has 0 fully saturated rings. The van der Waals surface area contributed by atoms with Gasteiger partial charge in [0.15, 0.2) is 5.82 Å². The summed E-state index contributed by atoms with van der Waals surface area (Å²) in [7, 11) is 0. The highest BCUT2D eigenvalue weighted by atomic mass is 32.2. The van der Waals surface area contributed by atoms with Gasteiger partial charge in [-0.2, -0.15) is 9.99 Å². The van der Waals surface area contributed by atoms with Crippen LogP contribution in [-0.4, -0.2) is 20.9 Å². The number of thioether (sulfide) groups is 1. The van der Waals surface area contributed by atoms with Gasteiger partial charge in [0.1, 0.15) is 0 Å². The van der Waals surface area contributed by atoms with Crippen LogP contribution in [0.2, 0.25) is 0 Å². The van der Waals surface area contributed by atoms with Crippen LogP contribution in [0.1, 0.15) is 12.6 Å². The van der Waals surface area contributed by atoms with E-state index in [2.05, 4.69) is 22.0 Å². The Hall–Kier alpha value is -1.30. The number of nitrogens with two attached hydrogens (primary N) is 1. The van der Waals surface area contributed by atoms with Crippen LogP contribution in [0.5, 0.6) is 0 Å². The van der Waals surface area contributed by atoms with E-state index in [0.717, 1.165) is 22.4 Å². The molecule has 0 bridgehead atoms. The molecule has 0 saturated heterocycles. The first-order chi connectivity index (χ1) is 6.70. The van der Waals surface area contributed by atoms with E-state index < -0.39 is 0 Å². The Morgan fingerprint density at radius 2 is 2.29 bits per heavy atom. The summed E-state index contributed by atoms with van der Waals surface area (Å²) in [5, 5.41) is 6.93. The molecule has 14 heavy (non-hydrogen) atoms. The molecule has 0 spiro atoms. The molecule has 2 N–H and O–H groups in total. The Bertz CT molecular complexity index is 369. The average Bonchev–Trinajstić information content (AvgIpc) is 2.82. The van der Waals surface area contributed by atoms with E-state index in [0.29, 0.717) is 5.95 Å². The summed E-state index contributed by atoms with van der Waals surface area (Å²) < 4.78 is 0. The third-order valence-corrected chi connectivity index (χ3v) is 2.48. The molecule has 1 aliphatic heterocycles. The van der Waals surface area contributed by atoms with Crippen molar-refractivity contribution in [3.8, 4) is 0 Å². The van der Waals surface area contributed by atoms with Crippen molar-refractivity contribution in [1.29, 1.82) is 0 Å². The van der Waals surface area contributed by atoms with Gasteiger partial charge in [0.2, 0.25) is 11.1 Å². The number of hydrazone groups is 1. The van der Waals surface area contributed by atoms with Crippen LogP contribution in [0.15, 0.2) is 11.2 Å². The molecule has 2 rings (SSSR count). The van der Waals surface area contributed by atoms with E-state index in [4.69, 9.17) is 5.73 Å². The Morgan fingerprint density at radius 3 is 2.93 bits per heavy atom. The highest BCUT2D eigenvalue weighted by molar-refractivity contribution is 8.14. The predicted octanol–water partition coefficient (Wildman–Crippen LogP) is 1.21. The number of hydrogen-bond acceptors (Lipinski definition) is 6. The molecule has 1 aliphatic rings. The van der Waals surface area contributed by atoms with Crippen molar-refractivity contribution in [1.82, 2.24) is 9.97 Å². The topological polar surface area (TPSA) is 67.2 Å². The molecule has 0 aliphatic carbocycles. The molecule has 5 nitrogen and oxygen atoms in total. The van der Waals surface area contributed by atoms with Crippen molar-refractivity contribution < 1.29 is 0 Å². The first-order valence-corrected chi connectivity index (χ1v) is 5.32. The summed E-state index contributed by atoms with van der Waals surface area (Å²) in [5.74, 6) is 2.06. The van der Waals surface area contributed by atoms with Crippen LogP contribution < -0.4 is 10.7 Å². The minimum Gasteiger partial charge on any atom is -0.368 e. The van der Waals surface area contributed by atoms with Crippen molar-refractivity contribution in [3.63, 3.8) is 0 Å². The Balaban J connectivity index is 2.12. The quantitative estimate of drug-likeness (QED) is 0.793. The predicted molar refractivity (Wildman–Crippen MR) is 59.2 cm³/mol. The smallest absolute Gasteiger partial charge is 0.222 e. The lowest BCUT2D eigenvalue weighted by Crippen LogP contribution is -2.06. The molecule has 0 radical (unpaired) electrons. The fourth-order valence-corrected chi connectivity index (χ4v) is 1.73. The molecule has 0 unspecified atom stereocenters. The minimum absolute atomic E-state index is 0.294. The normalized spacial score (nSPS) is 14.1. The van der Waals surface area contributed by atoms with Gasteiger partial charge in [0.05, 0.1) is 0 Å². The van der Waals surface area contributed by atoms with Crippen LogP contribution in [0.25, 0.3) is 0 Å². The lowest BCUT2D eigenvalue weighted by Gasteiger charge is -2.02. The zero-order valence-corrected chi connectivity index (χ0v) is 8.88.